The first-order chi connectivity index (χ1) is 16.9. The molecule has 0 spiro atoms. The lowest BCUT2D eigenvalue weighted by atomic mass is 10.1. The van der Waals surface area contributed by atoms with Crippen LogP contribution in [0.5, 0.6) is 11.5 Å². The first kappa shape index (κ1) is 22.3. The Kier molecular flexibility index (Phi) is 5.56. The van der Waals surface area contributed by atoms with Gasteiger partial charge in [0.05, 0.1) is 29.8 Å². The number of anilines is 2. The minimum absolute atomic E-state index is 0.0525. The van der Waals surface area contributed by atoms with Crippen LogP contribution >= 0.6 is 0 Å². The van der Waals surface area contributed by atoms with Crippen molar-refractivity contribution in [3.05, 3.63) is 83.4 Å². The van der Waals surface area contributed by atoms with Crippen molar-refractivity contribution in [1.29, 1.82) is 0 Å². The van der Waals surface area contributed by atoms with Gasteiger partial charge in [0.25, 0.3) is 11.8 Å². The highest BCUT2D eigenvalue weighted by Crippen LogP contribution is 2.33. The Morgan fingerprint density at radius 3 is 2.11 bits per heavy atom. The first-order valence-electron chi connectivity index (χ1n) is 11.1. The Bertz CT molecular complexity index is 1330. The number of carbonyl (C=O) groups excluding carboxylic acids is 4. The van der Waals surface area contributed by atoms with Gasteiger partial charge in [-0.3, -0.25) is 19.2 Å². The molecule has 2 aliphatic heterocycles. The monoisotopic (exact) mass is 470 g/mol. The molecule has 1 fully saturated rings. The third-order valence-electron chi connectivity index (χ3n) is 6.26. The summed E-state index contributed by atoms with van der Waals surface area (Å²) in [6.07, 6.45) is 0.0525. The van der Waals surface area contributed by atoms with Crippen LogP contribution in [0.15, 0.2) is 66.7 Å². The van der Waals surface area contributed by atoms with E-state index < -0.39 is 11.9 Å². The van der Waals surface area contributed by atoms with Gasteiger partial charge in [-0.25, -0.2) is 4.90 Å². The van der Waals surface area contributed by atoms with Crippen molar-refractivity contribution >= 4 is 35.1 Å². The van der Waals surface area contributed by atoms with E-state index in [1.165, 1.54) is 0 Å². The van der Waals surface area contributed by atoms with Gasteiger partial charge in [0.1, 0.15) is 11.5 Å². The zero-order valence-corrected chi connectivity index (χ0v) is 19.2. The molecular formula is C27H22N2O6. The van der Waals surface area contributed by atoms with Crippen LogP contribution in [-0.2, 0) is 9.59 Å². The van der Waals surface area contributed by atoms with Crippen molar-refractivity contribution in [1.82, 2.24) is 0 Å². The van der Waals surface area contributed by atoms with E-state index in [4.69, 9.17) is 9.47 Å². The van der Waals surface area contributed by atoms with Gasteiger partial charge >= 0.3 is 5.97 Å². The van der Waals surface area contributed by atoms with Crippen molar-refractivity contribution in [2.45, 2.75) is 13.3 Å². The van der Waals surface area contributed by atoms with Crippen LogP contribution in [0.3, 0.4) is 0 Å². The SMILES string of the molecule is COc1ccc(N2C[C@H](C(=O)Oc3ccc(N4C(=O)c5ccccc5C4=O)c(C)c3)CC2=O)cc1. The number of esters is 1. The Morgan fingerprint density at radius 1 is 0.886 bits per heavy atom. The van der Waals surface area contributed by atoms with Crippen LogP contribution in [0.25, 0.3) is 0 Å². The van der Waals surface area contributed by atoms with Crippen molar-refractivity contribution in [2.75, 3.05) is 23.5 Å². The van der Waals surface area contributed by atoms with Crippen LogP contribution < -0.4 is 19.3 Å². The summed E-state index contributed by atoms with van der Waals surface area (Å²) in [5.41, 5.74) is 2.44. The van der Waals surface area contributed by atoms with E-state index in [1.54, 1.807) is 85.7 Å². The third kappa shape index (κ3) is 3.93. The average Bonchev–Trinajstić information content (AvgIpc) is 3.37. The standard InChI is InChI=1S/C27H22N2O6/c1-16-13-20(11-12-23(16)29-25(31)21-5-3-4-6-22(21)26(29)32)35-27(33)17-14-24(30)28(15-17)18-7-9-19(34-2)10-8-18/h3-13,17H,14-15H2,1-2H3/t17-/m1/s1. The molecule has 8 heteroatoms. The van der Waals surface area contributed by atoms with E-state index in [2.05, 4.69) is 0 Å². The number of imide groups is 1. The predicted octanol–water partition coefficient (Wildman–Crippen LogP) is 3.76. The zero-order chi connectivity index (χ0) is 24.7. The number of ether oxygens (including phenoxy) is 2. The molecule has 1 atom stereocenters. The predicted molar refractivity (Wildman–Crippen MR) is 128 cm³/mol. The fourth-order valence-corrected chi connectivity index (χ4v) is 4.43. The normalized spacial score (nSPS) is 17.1. The molecule has 0 radical (unpaired) electrons. The van der Waals surface area contributed by atoms with Crippen LogP contribution in [-0.4, -0.2) is 37.3 Å². The summed E-state index contributed by atoms with van der Waals surface area (Å²) >= 11 is 0. The molecule has 3 aromatic rings. The van der Waals surface area contributed by atoms with Crippen LogP contribution in [0.4, 0.5) is 11.4 Å². The average molecular weight is 470 g/mol. The smallest absolute Gasteiger partial charge is 0.316 e. The lowest BCUT2D eigenvalue weighted by molar-refractivity contribution is -0.139. The summed E-state index contributed by atoms with van der Waals surface area (Å²) in [5, 5.41) is 0. The second kappa shape index (κ2) is 8.72. The van der Waals surface area contributed by atoms with Crippen LogP contribution in [0, 0.1) is 12.8 Å². The van der Waals surface area contributed by atoms with Gasteiger partial charge in [0.15, 0.2) is 0 Å². The van der Waals surface area contributed by atoms with Gasteiger partial charge in [-0.05, 0) is 67.1 Å². The van der Waals surface area contributed by atoms with E-state index in [9.17, 15) is 19.2 Å². The van der Waals surface area contributed by atoms with Crippen molar-refractivity contribution < 1.29 is 28.7 Å². The second-order valence-electron chi connectivity index (χ2n) is 8.46. The largest absolute Gasteiger partial charge is 0.497 e. The highest BCUT2D eigenvalue weighted by Gasteiger charge is 2.38. The molecule has 5 rings (SSSR count). The quantitative estimate of drug-likeness (QED) is 0.320. The lowest BCUT2D eigenvalue weighted by Crippen LogP contribution is -2.30. The molecule has 3 aromatic carbocycles. The van der Waals surface area contributed by atoms with Crippen molar-refractivity contribution in [3.8, 4) is 11.5 Å². The molecular weight excluding hydrogens is 448 g/mol. The first-order valence-corrected chi connectivity index (χ1v) is 11.1. The molecule has 2 heterocycles. The van der Waals surface area contributed by atoms with Crippen molar-refractivity contribution in [3.63, 3.8) is 0 Å². The highest BCUT2D eigenvalue weighted by molar-refractivity contribution is 6.34. The molecule has 8 nitrogen and oxygen atoms in total. The topological polar surface area (TPSA) is 93.2 Å². The van der Waals surface area contributed by atoms with Gasteiger partial charge in [-0.2, -0.15) is 0 Å². The van der Waals surface area contributed by atoms with E-state index in [0.717, 1.165) is 4.90 Å². The molecule has 176 valence electrons. The summed E-state index contributed by atoms with van der Waals surface area (Å²) in [5.74, 6) is -1.10. The molecule has 0 aliphatic carbocycles. The molecule has 0 aromatic heterocycles. The number of nitrogens with zero attached hydrogens (tertiary/aromatic N) is 2. The van der Waals surface area contributed by atoms with Crippen LogP contribution in [0.2, 0.25) is 0 Å². The minimum Gasteiger partial charge on any atom is -0.497 e. The molecule has 2 aliphatic rings. The number of hydrogen-bond donors (Lipinski definition) is 0. The number of rotatable bonds is 5. The maximum Gasteiger partial charge on any atom is 0.316 e. The molecule has 3 amide bonds. The van der Waals surface area contributed by atoms with Gasteiger partial charge in [-0.1, -0.05) is 12.1 Å². The van der Waals surface area contributed by atoms with Gasteiger partial charge in [0.2, 0.25) is 5.91 Å². The van der Waals surface area contributed by atoms with E-state index in [0.29, 0.717) is 33.8 Å². The van der Waals surface area contributed by atoms with E-state index >= 15 is 0 Å². The van der Waals surface area contributed by atoms with Gasteiger partial charge < -0.3 is 14.4 Å². The fraction of sp³-hybridized carbons (Fsp3) is 0.185. The number of fused-ring (bicyclic) bond motifs is 1. The van der Waals surface area contributed by atoms with Crippen LogP contribution in [0.1, 0.15) is 32.7 Å². The zero-order valence-electron chi connectivity index (χ0n) is 19.2. The molecule has 0 bridgehead atoms. The molecule has 0 saturated carbocycles. The molecule has 1 saturated heterocycles. The fourth-order valence-electron chi connectivity index (χ4n) is 4.43. The third-order valence-corrected chi connectivity index (χ3v) is 6.26. The number of amides is 3. The number of methoxy groups -OCH3 is 1. The van der Waals surface area contributed by atoms with Crippen molar-refractivity contribution in [2.24, 2.45) is 5.92 Å². The summed E-state index contributed by atoms with van der Waals surface area (Å²) in [4.78, 5) is 53.6. The Balaban J connectivity index is 1.29. The Hall–Kier alpha value is -4.46. The maximum absolute atomic E-state index is 12.8. The maximum atomic E-state index is 12.8. The second-order valence-corrected chi connectivity index (χ2v) is 8.46. The summed E-state index contributed by atoms with van der Waals surface area (Å²) < 4.78 is 10.7. The minimum atomic E-state index is -0.610. The Morgan fingerprint density at radius 2 is 1.51 bits per heavy atom. The number of hydrogen-bond acceptors (Lipinski definition) is 6. The van der Waals surface area contributed by atoms with Gasteiger partial charge in [-0.15, -0.1) is 0 Å². The lowest BCUT2D eigenvalue weighted by Gasteiger charge is -2.18. The highest BCUT2D eigenvalue weighted by atomic mass is 16.5. The van der Waals surface area contributed by atoms with E-state index in [-0.39, 0.29) is 36.4 Å². The molecule has 0 N–H and O–H groups in total. The number of aryl methyl sites for hydroxylation is 1. The van der Waals surface area contributed by atoms with Gasteiger partial charge in [0, 0.05) is 18.7 Å². The summed E-state index contributed by atoms with van der Waals surface area (Å²) in [6.45, 7) is 1.96. The molecule has 35 heavy (non-hydrogen) atoms. The molecule has 0 unspecified atom stereocenters. The summed E-state index contributed by atoms with van der Waals surface area (Å²) in [6, 6.07) is 18.5. The van der Waals surface area contributed by atoms with E-state index in [1.807, 2.05) is 0 Å². The number of carbonyl (C=O) groups is 4. The summed E-state index contributed by atoms with van der Waals surface area (Å²) in [7, 11) is 1.57. The Labute approximate surface area is 201 Å². The number of benzene rings is 3.